The van der Waals surface area contributed by atoms with Crippen molar-refractivity contribution >= 4 is 45.3 Å². The highest BCUT2D eigenvalue weighted by Gasteiger charge is 2.46. The zero-order chi connectivity index (χ0) is 42.1. The summed E-state index contributed by atoms with van der Waals surface area (Å²) < 4.78 is 38.3. The SMILES string of the molecule is COc1cc(OC(=O)c2ccccc2)c([C@@H]2O[C@H](COC(=O)c3ccccc3)C[C@H](OC(=O)c3ccccc3)[C@H]2OC(=O)c2ccccc2)cc1Cc1cc2ccccc2s1. The molecule has 0 N–H and O–H groups in total. The number of ether oxygens (including phenoxy) is 6. The van der Waals surface area contributed by atoms with E-state index in [2.05, 4.69) is 12.1 Å². The Kier molecular flexibility index (Phi) is 12.6. The number of carbonyl (C=O) groups excluding carboxylic acids is 4. The fourth-order valence-electron chi connectivity index (χ4n) is 7.22. The molecule has 1 aromatic heterocycles. The zero-order valence-electron chi connectivity index (χ0n) is 33.0. The van der Waals surface area contributed by atoms with Crippen LogP contribution in [-0.2, 0) is 25.4 Å². The third-order valence-corrected chi connectivity index (χ3v) is 11.3. The molecule has 2 heterocycles. The van der Waals surface area contributed by atoms with Gasteiger partial charge in [-0.3, -0.25) is 0 Å². The minimum atomic E-state index is -1.29. The lowest BCUT2D eigenvalue weighted by molar-refractivity contribution is -0.182. The van der Waals surface area contributed by atoms with Gasteiger partial charge < -0.3 is 28.4 Å². The van der Waals surface area contributed by atoms with Crippen LogP contribution >= 0.6 is 11.3 Å². The molecule has 8 rings (SSSR count). The van der Waals surface area contributed by atoms with Crippen LogP contribution in [0, 0.1) is 0 Å². The smallest absolute Gasteiger partial charge is 0.343 e. The summed E-state index contributed by atoms with van der Waals surface area (Å²) in [5.74, 6) is -2.10. The first kappa shape index (κ1) is 40.7. The minimum absolute atomic E-state index is 0.0200. The molecule has 11 heteroatoms. The van der Waals surface area contributed by atoms with Crippen LogP contribution in [0.4, 0.5) is 0 Å². The monoisotopic (exact) mass is 832 g/mol. The van der Waals surface area contributed by atoms with E-state index in [0.717, 1.165) is 20.5 Å². The molecule has 0 bridgehead atoms. The summed E-state index contributed by atoms with van der Waals surface area (Å²) in [5, 5.41) is 1.09. The van der Waals surface area contributed by atoms with Crippen LogP contribution < -0.4 is 9.47 Å². The lowest BCUT2D eigenvalue weighted by Crippen LogP contribution is -2.49. The van der Waals surface area contributed by atoms with Crippen molar-refractivity contribution in [3.05, 3.63) is 202 Å². The summed E-state index contributed by atoms with van der Waals surface area (Å²) in [6.07, 6.45) is -4.14. The number of hydrogen-bond donors (Lipinski definition) is 0. The molecule has 61 heavy (non-hydrogen) atoms. The molecule has 0 spiro atoms. The zero-order valence-corrected chi connectivity index (χ0v) is 33.8. The van der Waals surface area contributed by atoms with Gasteiger partial charge in [-0.05, 0) is 77.7 Å². The van der Waals surface area contributed by atoms with Crippen molar-refractivity contribution in [2.24, 2.45) is 0 Å². The summed E-state index contributed by atoms with van der Waals surface area (Å²) in [7, 11) is 1.53. The average molecular weight is 833 g/mol. The van der Waals surface area contributed by atoms with Crippen LogP contribution in [0.5, 0.6) is 11.5 Å². The second kappa shape index (κ2) is 18.9. The molecule has 0 amide bonds. The largest absolute Gasteiger partial charge is 0.496 e. The van der Waals surface area contributed by atoms with Gasteiger partial charge in [0.25, 0.3) is 0 Å². The van der Waals surface area contributed by atoms with E-state index in [1.54, 1.807) is 145 Å². The maximum Gasteiger partial charge on any atom is 0.343 e. The van der Waals surface area contributed by atoms with Gasteiger partial charge >= 0.3 is 23.9 Å². The van der Waals surface area contributed by atoms with E-state index >= 15 is 0 Å². The first-order valence-electron chi connectivity index (χ1n) is 19.7. The Morgan fingerprint density at radius 2 is 1.15 bits per heavy atom. The fourth-order valence-corrected chi connectivity index (χ4v) is 8.31. The minimum Gasteiger partial charge on any atom is -0.496 e. The molecule has 4 atom stereocenters. The van der Waals surface area contributed by atoms with E-state index < -0.39 is 48.3 Å². The van der Waals surface area contributed by atoms with Crippen LogP contribution in [0.25, 0.3) is 10.1 Å². The first-order chi connectivity index (χ1) is 29.8. The van der Waals surface area contributed by atoms with E-state index in [1.165, 1.54) is 7.11 Å². The van der Waals surface area contributed by atoms with Crippen LogP contribution in [0.2, 0.25) is 0 Å². The summed E-state index contributed by atoms with van der Waals surface area (Å²) in [6.45, 7) is -0.243. The fraction of sp³-hybridized carbons (Fsp3) is 0.160. The van der Waals surface area contributed by atoms with Crippen LogP contribution in [0.15, 0.2) is 164 Å². The Morgan fingerprint density at radius 3 is 1.74 bits per heavy atom. The van der Waals surface area contributed by atoms with Gasteiger partial charge in [-0.15, -0.1) is 11.3 Å². The highest BCUT2D eigenvalue weighted by molar-refractivity contribution is 7.19. The van der Waals surface area contributed by atoms with Gasteiger partial charge in [0, 0.05) is 34.0 Å². The van der Waals surface area contributed by atoms with Gasteiger partial charge in [0.2, 0.25) is 0 Å². The molecular formula is C50H40O10S. The summed E-state index contributed by atoms with van der Waals surface area (Å²) in [6, 6.07) is 47.5. The van der Waals surface area contributed by atoms with Crippen molar-refractivity contribution in [1.82, 2.24) is 0 Å². The second-order valence-corrected chi connectivity index (χ2v) is 15.5. The summed E-state index contributed by atoms with van der Waals surface area (Å²) in [5.41, 5.74) is 2.19. The van der Waals surface area contributed by atoms with Gasteiger partial charge in [0.1, 0.15) is 30.3 Å². The van der Waals surface area contributed by atoms with Crippen molar-refractivity contribution in [1.29, 1.82) is 0 Å². The van der Waals surface area contributed by atoms with Gasteiger partial charge in [-0.25, -0.2) is 19.2 Å². The van der Waals surface area contributed by atoms with Crippen LogP contribution in [-0.4, -0.2) is 55.9 Å². The Morgan fingerprint density at radius 1 is 0.607 bits per heavy atom. The van der Waals surface area contributed by atoms with E-state index in [0.29, 0.717) is 28.9 Å². The molecule has 7 aromatic rings. The Hall–Kier alpha value is -7.08. The number of rotatable bonds is 13. The number of methoxy groups -OCH3 is 1. The molecule has 0 saturated carbocycles. The van der Waals surface area contributed by atoms with Crippen molar-refractivity contribution < 1.29 is 47.6 Å². The third-order valence-electron chi connectivity index (χ3n) is 10.2. The Labute approximate surface area is 356 Å². The molecule has 0 aliphatic carbocycles. The van der Waals surface area contributed by atoms with Crippen LogP contribution in [0.1, 0.15) is 70.0 Å². The summed E-state index contributed by atoms with van der Waals surface area (Å²) >= 11 is 1.64. The average Bonchev–Trinajstić information content (AvgIpc) is 3.72. The lowest BCUT2D eigenvalue weighted by atomic mass is 9.90. The van der Waals surface area contributed by atoms with Crippen molar-refractivity contribution in [2.45, 2.75) is 37.3 Å². The van der Waals surface area contributed by atoms with Gasteiger partial charge in [0.15, 0.2) is 6.10 Å². The number of hydrogen-bond acceptors (Lipinski definition) is 11. The van der Waals surface area contributed by atoms with E-state index in [1.807, 2.05) is 18.2 Å². The van der Waals surface area contributed by atoms with Crippen molar-refractivity contribution in [2.75, 3.05) is 13.7 Å². The lowest BCUT2D eigenvalue weighted by Gasteiger charge is -2.41. The normalized spacial score (nSPS) is 17.2. The van der Waals surface area contributed by atoms with E-state index in [4.69, 9.17) is 28.4 Å². The van der Waals surface area contributed by atoms with E-state index in [9.17, 15) is 19.2 Å². The molecule has 1 fully saturated rings. The standard InChI is InChI=1S/C50H40O10S/c1-55-41-30-42(58-48(52)33-18-8-3-9-19-33)40(28-37(41)27-39-26-36-24-14-15-25-44(36)61-39)45-46(60-50(54)35-22-12-5-13-23-35)43(59-49(53)34-20-10-4-11-21-34)29-38(57-45)31-56-47(51)32-16-6-2-7-17-32/h2-26,28,30,38,43,45-46H,27,29,31H2,1H3/t38-,43-,45-,46+/m0/s1. The third kappa shape index (κ3) is 9.70. The maximum atomic E-state index is 14.0. The van der Waals surface area contributed by atoms with Gasteiger partial charge in [0.05, 0.1) is 35.5 Å². The molecular weight excluding hydrogens is 793 g/mol. The van der Waals surface area contributed by atoms with Gasteiger partial charge in [-0.1, -0.05) is 91.0 Å². The molecule has 6 aromatic carbocycles. The molecule has 306 valence electrons. The number of esters is 4. The highest BCUT2D eigenvalue weighted by Crippen LogP contribution is 2.44. The number of carbonyl (C=O) groups is 4. The molecule has 0 radical (unpaired) electrons. The number of thiophene rings is 1. The topological polar surface area (TPSA) is 124 Å². The van der Waals surface area contributed by atoms with Crippen molar-refractivity contribution in [3.8, 4) is 11.5 Å². The molecule has 1 aliphatic rings. The Bertz CT molecular complexity index is 2600. The van der Waals surface area contributed by atoms with Crippen LogP contribution in [0.3, 0.4) is 0 Å². The predicted octanol–water partition coefficient (Wildman–Crippen LogP) is 9.86. The first-order valence-corrected chi connectivity index (χ1v) is 20.5. The predicted molar refractivity (Wildman–Crippen MR) is 229 cm³/mol. The highest BCUT2D eigenvalue weighted by atomic mass is 32.1. The maximum absolute atomic E-state index is 14.0. The van der Waals surface area contributed by atoms with E-state index in [-0.39, 0.29) is 29.9 Å². The molecule has 1 saturated heterocycles. The molecule has 0 unspecified atom stereocenters. The number of fused-ring (bicyclic) bond motifs is 1. The summed E-state index contributed by atoms with van der Waals surface area (Å²) in [4.78, 5) is 55.9. The second-order valence-electron chi connectivity index (χ2n) is 14.3. The number of benzene rings is 6. The Balaban J connectivity index is 1.24. The van der Waals surface area contributed by atoms with Crippen molar-refractivity contribution in [3.63, 3.8) is 0 Å². The molecule has 10 nitrogen and oxygen atoms in total. The molecule has 1 aliphatic heterocycles. The van der Waals surface area contributed by atoms with Gasteiger partial charge in [-0.2, -0.15) is 0 Å². The quantitative estimate of drug-likeness (QED) is 0.0630.